The summed E-state index contributed by atoms with van der Waals surface area (Å²) in [6.07, 6.45) is 1.70. The molecule has 1 N–H and O–H groups in total. The maximum atomic E-state index is 14.7. The van der Waals surface area contributed by atoms with Crippen molar-refractivity contribution in [1.82, 2.24) is 20.0 Å². The van der Waals surface area contributed by atoms with Gasteiger partial charge in [0, 0.05) is 38.0 Å². The second kappa shape index (κ2) is 5.49. The van der Waals surface area contributed by atoms with Crippen LogP contribution in [0.4, 0.5) is 9.52 Å². The normalized spacial score (nSPS) is 22.6. The number of amides is 1. The first kappa shape index (κ1) is 14.1. The monoisotopic (exact) mass is 311 g/mol. The standard InChI is InChI=1S/C12H14FN5O2S/c1-8-15-9(17-20-8)6-18-4-2-12(13,7-18)10(19)16-11-14-3-5-21-11/h3,5H,2,4,6-7H2,1H3,(H,14,16,19). The minimum absolute atomic E-state index is 0.0117. The number of aromatic nitrogens is 3. The van der Waals surface area contributed by atoms with Crippen molar-refractivity contribution in [3.63, 3.8) is 0 Å². The van der Waals surface area contributed by atoms with Crippen LogP contribution in [0.1, 0.15) is 18.1 Å². The van der Waals surface area contributed by atoms with Crippen molar-refractivity contribution < 1.29 is 13.7 Å². The summed E-state index contributed by atoms with van der Waals surface area (Å²) >= 11 is 1.26. The fourth-order valence-electron chi connectivity index (χ4n) is 2.27. The van der Waals surface area contributed by atoms with Gasteiger partial charge in [-0.05, 0) is 0 Å². The second-order valence-electron chi connectivity index (χ2n) is 4.95. The number of nitrogens with zero attached hydrogens (tertiary/aromatic N) is 4. The number of anilines is 1. The quantitative estimate of drug-likeness (QED) is 0.918. The molecule has 0 radical (unpaired) electrons. The van der Waals surface area contributed by atoms with Crippen LogP contribution >= 0.6 is 11.3 Å². The molecule has 0 spiro atoms. The highest BCUT2D eigenvalue weighted by Crippen LogP contribution is 2.28. The first-order valence-electron chi connectivity index (χ1n) is 6.46. The zero-order chi connectivity index (χ0) is 14.9. The molecule has 2 aromatic rings. The lowest BCUT2D eigenvalue weighted by Gasteiger charge is -2.18. The van der Waals surface area contributed by atoms with Crippen LogP contribution in [0.2, 0.25) is 0 Å². The van der Waals surface area contributed by atoms with Gasteiger partial charge in [-0.15, -0.1) is 11.3 Å². The summed E-state index contributed by atoms with van der Waals surface area (Å²) in [6, 6.07) is 0. The Morgan fingerprint density at radius 2 is 2.52 bits per heavy atom. The van der Waals surface area contributed by atoms with Crippen molar-refractivity contribution in [1.29, 1.82) is 0 Å². The third-order valence-electron chi connectivity index (χ3n) is 3.29. The molecule has 112 valence electrons. The van der Waals surface area contributed by atoms with Gasteiger partial charge < -0.3 is 4.52 Å². The SMILES string of the molecule is Cc1nc(CN2CCC(F)(C(=O)Nc3nccs3)C2)no1. The Morgan fingerprint density at radius 1 is 1.67 bits per heavy atom. The molecular weight excluding hydrogens is 297 g/mol. The number of alkyl halides is 1. The van der Waals surface area contributed by atoms with Crippen molar-refractivity contribution in [2.24, 2.45) is 0 Å². The van der Waals surface area contributed by atoms with Crippen LogP contribution in [0, 0.1) is 6.92 Å². The van der Waals surface area contributed by atoms with Gasteiger partial charge in [-0.1, -0.05) is 5.16 Å². The highest BCUT2D eigenvalue weighted by atomic mass is 32.1. The summed E-state index contributed by atoms with van der Waals surface area (Å²) in [7, 11) is 0. The summed E-state index contributed by atoms with van der Waals surface area (Å²) in [6.45, 7) is 2.54. The van der Waals surface area contributed by atoms with Crippen LogP contribution < -0.4 is 5.32 Å². The number of nitrogens with one attached hydrogen (secondary N) is 1. The molecule has 0 saturated carbocycles. The van der Waals surface area contributed by atoms with E-state index in [2.05, 4.69) is 20.4 Å². The van der Waals surface area contributed by atoms with E-state index in [4.69, 9.17) is 4.52 Å². The molecule has 0 aliphatic carbocycles. The third kappa shape index (κ3) is 3.08. The molecule has 1 aliphatic rings. The van der Waals surface area contributed by atoms with E-state index in [1.807, 2.05) is 0 Å². The summed E-state index contributed by atoms with van der Waals surface area (Å²) in [5.74, 6) is 0.318. The number of carbonyl (C=O) groups excluding carboxylic acids is 1. The van der Waals surface area contributed by atoms with E-state index in [1.165, 1.54) is 11.3 Å². The summed E-state index contributed by atoms with van der Waals surface area (Å²) in [4.78, 5) is 21.8. The Balaban J connectivity index is 1.60. The Labute approximate surface area is 124 Å². The largest absolute Gasteiger partial charge is 0.340 e. The predicted octanol–water partition coefficient (Wildman–Crippen LogP) is 1.39. The molecule has 1 saturated heterocycles. The topological polar surface area (TPSA) is 84.2 Å². The van der Waals surface area contributed by atoms with Gasteiger partial charge in [-0.25, -0.2) is 9.37 Å². The molecule has 7 nitrogen and oxygen atoms in total. The molecule has 1 unspecified atom stereocenters. The summed E-state index contributed by atoms with van der Waals surface area (Å²) < 4.78 is 19.6. The summed E-state index contributed by atoms with van der Waals surface area (Å²) in [5, 5.41) is 8.41. The van der Waals surface area contributed by atoms with Crippen molar-refractivity contribution >= 4 is 22.4 Å². The first-order valence-corrected chi connectivity index (χ1v) is 7.34. The lowest BCUT2D eigenvalue weighted by Crippen LogP contribution is -2.41. The van der Waals surface area contributed by atoms with Crippen LogP contribution in [-0.2, 0) is 11.3 Å². The minimum atomic E-state index is -1.91. The lowest BCUT2D eigenvalue weighted by atomic mass is 10.1. The number of thiazole rings is 1. The average molecular weight is 311 g/mol. The average Bonchev–Trinajstić information content (AvgIpc) is 3.14. The van der Waals surface area contributed by atoms with E-state index >= 15 is 0 Å². The molecule has 2 aromatic heterocycles. The van der Waals surface area contributed by atoms with Crippen LogP contribution in [0.25, 0.3) is 0 Å². The van der Waals surface area contributed by atoms with Gasteiger partial charge >= 0.3 is 0 Å². The smallest absolute Gasteiger partial charge is 0.265 e. The number of likely N-dealkylation sites (tertiary alicyclic amines) is 1. The number of halogens is 1. The van der Waals surface area contributed by atoms with Crippen molar-refractivity contribution in [3.05, 3.63) is 23.3 Å². The van der Waals surface area contributed by atoms with Gasteiger partial charge in [-0.3, -0.25) is 15.0 Å². The molecule has 1 amide bonds. The minimum Gasteiger partial charge on any atom is -0.340 e. The molecular formula is C12H14FN5O2S. The molecule has 3 heterocycles. The zero-order valence-corrected chi connectivity index (χ0v) is 12.2. The van der Waals surface area contributed by atoms with Crippen molar-refractivity contribution in [2.45, 2.75) is 25.6 Å². The van der Waals surface area contributed by atoms with Crippen LogP contribution in [0.3, 0.4) is 0 Å². The van der Waals surface area contributed by atoms with E-state index in [-0.39, 0.29) is 13.0 Å². The van der Waals surface area contributed by atoms with Gasteiger partial charge in [0.2, 0.25) is 11.6 Å². The Kier molecular flexibility index (Phi) is 3.68. The Bertz CT molecular complexity index is 631. The first-order chi connectivity index (χ1) is 10.0. The van der Waals surface area contributed by atoms with Crippen LogP contribution in [0.15, 0.2) is 16.1 Å². The van der Waals surface area contributed by atoms with E-state index in [0.29, 0.717) is 29.9 Å². The summed E-state index contributed by atoms with van der Waals surface area (Å²) in [5.41, 5.74) is -1.91. The zero-order valence-electron chi connectivity index (χ0n) is 11.4. The molecule has 0 bridgehead atoms. The van der Waals surface area contributed by atoms with Crippen molar-refractivity contribution in [2.75, 3.05) is 18.4 Å². The molecule has 0 aromatic carbocycles. The maximum Gasteiger partial charge on any atom is 0.265 e. The van der Waals surface area contributed by atoms with Crippen LogP contribution in [-0.4, -0.2) is 44.7 Å². The highest BCUT2D eigenvalue weighted by molar-refractivity contribution is 7.13. The van der Waals surface area contributed by atoms with E-state index in [1.54, 1.807) is 23.4 Å². The Morgan fingerprint density at radius 3 is 3.19 bits per heavy atom. The molecule has 1 fully saturated rings. The van der Waals surface area contributed by atoms with Gasteiger partial charge in [0.15, 0.2) is 11.0 Å². The number of carbonyl (C=O) groups is 1. The Hall–Kier alpha value is -1.87. The van der Waals surface area contributed by atoms with Crippen LogP contribution in [0.5, 0.6) is 0 Å². The predicted molar refractivity (Wildman–Crippen MR) is 73.5 cm³/mol. The number of hydrogen-bond acceptors (Lipinski definition) is 7. The molecule has 1 aliphatic heterocycles. The maximum absolute atomic E-state index is 14.7. The van der Waals surface area contributed by atoms with Gasteiger partial charge in [0.1, 0.15) is 0 Å². The lowest BCUT2D eigenvalue weighted by molar-refractivity contribution is -0.126. The van der Waals surface area contributed by atoms with Crippen molar-refractivity contribution in [3.8, 4) is 0 Å². The number of rotatable bonds is 4. The fraction of sp³-hybridized carbons (Fsp3) is 0.500. The van der Waals surface area contributed by atoms with Gasteiger partial charge in [-0.2, -0.15) is 4.98 Å². The third-order valence-corrected chi connectivity index (χ3v) is 3.98. The number of aryl methyl sites for hydroxylation is 1. The highest BCUT2D eigenvalue weighted by Gasteiger charge is 2.45. The van der Waals surface area contributed by atoms with Gasteiger partial charge in [0.25, 0.3) is 5.91 Å². The van der Waals surface area contributed by atoms with E-state index in [0.717, 1.165) is 0 Å². The fourth-order valence-corrected chi connectivity index (χ4v) is 2.79. The molecule has 1 atom stereocenters. The molecule has 3 rings (SSSR count). The van der Waals surface area contributed by atoms with E-state index in [9.17, 15) is 9.18 Å². The van der Waals surface area contributed by atoms with E-state index < -0.39 is 11.6 Å². The molecule has 9 heteroatoms. The molecule has 21 heavy (non-hydrogen) atoms. The second-order valence-corrected chi connectivity index (χ2v) is 5.84. The number of hydrogen-bond donors (Lipinski definition) is 1. The van der Waals surface area contributed by atoms with Gasteiger partial charge in [0.05, 0.1) is 6.54 Å².